The average Bonchev–Trinajstić information content (AvgIpc) is 2.32. The highest BCUT2D eigenvalue weighted by Gasteiger charge is 2.24. The molecule has 6 heteroatoms. The van der Waals surface area contributed by atoms with Crippen LogP contribution in [0.2, 0.25) is 5.15 Å². The molecule has 1 aliphatic heterocycles. The molecule has 1 aromatic rings. The molecule has 1 aliphatic rings. The summed E-state index contributed by atoms with van der Waals surface area (Å²) in [7, 11) is 2.17. The zero-order chi connectivity index (χ0) is 13.1. The molecule has 0 spiro atoms. The van der Waals surface area contributed by atoms with Crippen molar-refractivity contribution in [3.63, 3.8) is 0 Å². The Bertz CT molecular complexity index is 415. The van der Waals surface area contributed by atoms with Gasteiger partial charge in [0.1, 0.15) is 11.0 Å². The maximum Gasteiger partial charge on any atom is 0.190 e. The lowest BCUT2D eigenvalue weighted by Crippen LogP contribution is -2.43. The van der Waals surface area contributed by atoms with Crippen LogP contribution in [-0.2, 0) is 0 Å². The average molecular weight is 287 g/mol. The fourth-order valence-corrected chi connectivity index (χ4v) is 2.93. The van der Waals surface area contributed by atoms with Crippen LogP contribution in [-0.4, -0.2) is 47.3 Å². The second kappa shape index (κ2) is 6.08. The first-order valence-corrected chi connectivity index (χ1v) is 7.72. The van der Waals surface area contributed by atoms with Crippen LogP contribution in [0.3, 0.4) is 0 Å². The summed E-state index contributed by atoms with van der Waals surface area (Å²) in [6, 6.07) is 2.26. The predicted molar refractivity (Wildman–Crippen MR) is 77.5 cm³/mol. The molecule has 4 nitrogen and oxygen atoms in total. The van der Waals surface area contributed by atoms with Gasteiger partial charge < -0.3 is 10.2 Å². The molecule has 1 N–H and O–H groups in total. The van der Waals surface area contributed by atoms with Crippen molar-refractivity contribution in [3.8, 4) is 0 Å². The van der Waals surface area contributed by atoms with Gasteiger partial charge in [-0.2, -0.15) is 0 Å². The fourth-order valence-electron chi connectivity index (χ4n) is 2.32. The van der Waals surface area contributed by atoms with Gasteiger partial charge in [0.15, 0.2) is 5.16 Å². The standard InChI is InChI=1S/C12H19ClN4S/c1-8-7-17(2)5-4-9(8)14-11-6-10(13)15-12(16-11)18-3/h6,8-9H,4-5,7H2,1-3H3,(H,14,15,16). The molecular weight excluding hydrogens is 268 g/mol. The number of halogens is 1. The van der Waals surface area contributed by atoms with Gasteiger partial charge in [-0.1, -0.05) is 30.3 Å². The molecule has 100 valence electrons. The summed E-state index contributed by atoms with van der Waals surface area (Å²) >= 11 is 7.50. The maximum atomic E-state index is 5.99. The van der Waals surface area contributed by atoms with Crippen LogP contribution in [0.15, 0.2) is 11.2 Å². The minimum absolute atomic E-state index is 0.460. The minimum Gasteiger partial charge on any atom is -0.367 e. The highest BCUT2D eigenvalue weighted by molar-refractivity contribution is 7.98. The summed E-state index contributed by atoms with van der Waals surface area (Å²) in [5, 5.41) is 4.70. The lowest BCUT2D eigenvalue weighted by atomic mass is 9.94. The molecule has 0 amide bonds. The molecule has 0 bridgehead atoms. The van der Waals surface area contributed by atoms with E-state index in [4.69, 9.17) is 11.6 Å². The van der Waals surface area contributed by atoms with Crippen LogP contribution < -0.4 is 5.32 Å². The van der Waals surface area contributed by atoms with Crippen LogP contribution >= 0.6 is 23.4 Å². The number of anilines is 1. The first kappa shape index (κ1) is 13.9. The van der Waals surface area contributed by atoms with Gasteiger partial charge in [0.25, 0.3) is 0 Å². The van der Waals surface area contributed by atoms with E-state index in [1.54, 1.807) is 6.07 Å². The highest BCUT2D eigenvalue weighted by Crippen LogP contribution is 2.22. The molecule has 2 unspecified atom stereocenters. The van der Waals surface area contributed by atoms with Crippen LogP contribution in [0, 0.1) is 5.92 Å². The maximum absolute atomic E-state index is 5.99. The number of hydrogen-bond acceptors (Lipinski definition) is 5. The van der Waals surface area contributed by atoms with Gasteiger partial charge in [-0.25, -0.2) is 9.97 Å². The molecule has 0 saturated carbocycles. The quantitative estimate of drug-likeness (QED) is 0.525. The Morgan fingerprint density at radius 2 is 2.28 bits per heavy atom. The number of aromatic nitrogens is 2. The van der Waals surface area contributed by atoms with Gasteiger partial charge in [-0.3, -0.25) is 0 Å². The van der Waals surface area contributed by atoms with Gasteiger partial charge in [-0.05, 0) is 32.2 Å². The molecule has 0 aromatic carbocycles. The van der Waals surface area contributed by atoms with E-state index in [1.165, 1.54) is 11.8 Å². The van der Waals surface area contributed by atoms with Crippen molar-refractivity contribution in [2.45, 2.75) is 24.5 Å². The van der Waals surface area contributed by atoms with Gasteiger partial charge in [0.05, 0.1) is 0 Å². The van der Waals surface area contributed by atoms with Crippen molar-refractivity contribution in [2.75, 3.05) is 31.7 Å². The van der Waals surface area contributed by atoms with Gasteiger partial charge >= 0.3 is 0 Å². The zero-order valence-corrected chi connectivity index (χ0v) is 12.6. The van der Waals surface area contributed by atoms with E-state index in [-0.39, 0.29) is 0 Å². The zero-order valence-electron chi connectivity index (χ0n) is 11.0. The fraction of sp³-hybridized carbons (Fsp3) is 0.667. The number of likely N-dealkylation sites (tertiary alicyclic amines) is 1. The van der Waals surface area contributed by atoms with E-state index in [2.05, 4.69) is 34.2 Å². The summed E-state index contributed by atoms with van der Waals surface area (Å²) in [5.41, 5.74) is 0. The van der Waals surface area contributed by atoms with Gasteiger partial charge in [0, 0.05) is 18.7 Å². The molecule has 2 heterocycles. The number of hydrogen-bond donors (Lipinski definition) is 1. The van der Waals surface area contributed by atoms with Crippen molar-refractivity contribution in [1.29, 1.82) is 0 Å². The SMILES string of the molecule is CSc1nc(Cl)cc(NC2CCN(C)CC2C)n1. The molecule has 18 heavy (non-hydrogen) atoms. The van der Waals surface area contributed by atoms with E-state index in [0.29, 0.717) is 22.3 Å². The van der Waals surface area contributed by atoms with E-state index < -0.39 is 0 Å². The van der Waals surface area contributed by atoms with E-state index in [9.17, 15) is 0 Å². The molecule has 2 atom stereocenters. The number of thioether (sulfide) groups is 1. The topological polar surface area (TPSA) is 41.1 Å². The Morgan fingerprint density at radius 1 is 1.50 bits per heavy atom. The first-order valence-electron chi connectivity index (χ1n) is 6.12. The highest BCUT2D eigenvalue weighted by atomic mass is 35.5. The Morgan fingerprint density at radius 3 is 2.94 bits per heavy atom. The van der Waals surface area contributed by atoms with Crippen LogP contribution in [0.1, 0.15) is 13.3 Å². The smallest absolute Gasteiger partial charge is 0.190 e. The molecule has 0 aliphatic carbocycles. The molecule has 2 rings (SSSR count). The van der Waals surface area contributed by atoms with Crippen LogP contribution in [0.25, 0.3) is 0 Å². The van der Waals surface area contributed by atoms with Crippen LogP contribution in [0.4, 0.5) is 5.82 Å². The second-order valence-corrected chi connectivity index (χ2v) is 6.00. The van der Waals surface area contributed by atoms with Crippen molar-refractivity contribution in [1.82, 2.24) is 14.9 Å². The lowest BCUT2D eigenvalue weighted by Gasteiger charge is -2.35. The van der Waals surface area contributed by atoms with E-state index in [1.807, 2.05) is 6.26 Å². The second-order valence-electron chi connectivity index (χ2n) is 4.84. The largest absolute Gasteiger partial charge is 0.367 e. The number of rotatable bonds is 3. The number of nitrogens with one attached hydrogen (secondary N) is 1. The minimum atomic E-state index is 0.460. The Kier molecular flexibility index (Phi) is 4.70. The summed E-state index contributed by atoms with van der Waals surface area (Å²) < 4.78 is 0. The summed E-state index contributed by atoms with van der Waals surface area (Å²) in [6.07, 6.45) is 3.08. The van der Waals surface area contributed by atoms with Crippen LogP contribution in [0.5, 0.6) is 0 Å². The van der Waals surface area contributed by atoms with Gasteiger partial charge in [0.2, 0.25) is 0 Å². The van der Waals surface area contributed by atoms with E-state index in [0.717, 1.165) is 25.3 Å². The van der Waals surface area contributed by atoms with Gasteiger partial charge in [-0.15, -0.1) is 0 Å². The van der Waals surface area contributed by atoms with E-state index >= 15 is 0 Å². The van der Waals surface area contributed by atoms with Crippen molar-refractivity contribution in [2.24, 2.45) is 5.92 Å². The third-order valence-electron chi connectivity index (χ3n) is 3.30. The molecule has 0 radical (unpaired) electrons. The van der Waals surface area contributed by atoms with Crippen molar-refractivity contribution < 1.29 is 0 Å². The monoisotopic (exact) mass is 286 g/mol. The molecule has 1 saturated heterocycles. The molecular formula is C12H19ClN4S. The summed E-state index contributed by atoms with van der Waals surface area (Å²) in [4.78, 5) is 11.0. The number of piperidine rings is 1. The Balaban J connectivity index is 2.06. The summed E-state index contributed by atoms with van der Waals surface area (Å²) in [6.45, 7) is 4.51. The lowest BCUT2D eigenvalue weighted by molar-refractivity contribution is 0.206. The molecule has 1 aromatic heterocycles. The third-order valence-corrected chi connectivity index (χ3v) is 4.04. The predicted octanol–water partition coefficient (Wildman–Crippen LogP) is 2.60. The molecule has 1 fully saturated rings. The first-order chi connectivity index (χ1) is 8.58. The number of nitrogens with zero attached hydrogens (tertiary/aromatic N) is 3. The Hall–Kier alpha value is -0.520. The Labute approximate surface area is 118 Å². The summed E-state index contributed by atoms with van der Waals surface area (Å²) in [5.74, 6) is 1.44. The van der Waals surface area contributed by atoms with Crippen molar-refractivity contribution in [3.05, 3.63) is 11.2 Å². The van der Waals surface area contributed by atoms with Crippen molar-refractivity contribution >= 4 is 29.2 Å². The normalized spacial score (nSPS) is 25.1. The third kappa shape index (κ3) is 3.49.